The van der Waals surface area contributed by atoms with Gasteiger partial charge in [0, 0.05) is 50.7 Å². The predicted octanol–water partition coefficient (Wildman–Crippen LogP) is 4.13. The maximum atomic E-state index is 13.3. The Kier molecular flexibility index (Phi) is 13.1. The van der Waals surface area contributed by atoms with E-state index in [-0.39, 0.29) is 30.8 Å². The summed E-state index contributed by atoms with van der Waals surface area (Å²) in [5.74, 6) is 5.34. The number of hydrogen-bond acceptors (Lipinski definition) is 9. The highest BCUT2D eigenvalue weighted by molar-refractivity contribution is 9.11. The number of carbonyl (C=O) groups excluding carboxylic acids is 4. The first-order valence-corrected chi connectivity index (χ1v) is 16.3. The van der Waals surface area contributed by atoms with Crippen molar-refractivity contribution < 1.29 is 34.2 Å². The number of halogens is 2. The number of fused-ring (bicyclic) bond motifs is 1. The van der Waals surface area contributed by atoms with Gasteiger partial charge in [-0.2, -0.15) is 9.98 Å². The van der Waals surface area contributed by atoms with Gasteiger partial charge in [0.2, 0.25) is 0 Å². The molecule has 0 bridgehead atoms. The SMILES string of the molecule is CN(O)C(=O)CN=C=C=CN=C=C=NC(=O)[C@@H](Cc1cc(Br)c(O)c(Br)c1)OC(=O)N1CCC(N2CCc3ccccc3NC2=O)CC1. The number of hydroxylamine groups is 2. The molecule has 48 heavy (non-hydrogen) atoms. The van der Waals surface area contributed by atoms with Crippen LogP contribution in [0.1, 0.15) is 24.0 Å². The van der Waals surface area contributed by atoms with Crippen molar-refractivity contribution in [2.24, 2.45) is 15.0 Å². The average Bonchev–Trinajstić information content (AvgIpc) is 3.23. The lowest BCUT2D eigenvalue weighted by Gasteiger charge is -2.37. The second-order valence-electron chi connectivity index (χ2n) is 10.7. The minimum Gasteiger partial charge on any atom is -0.506 e. The summed E-state index contributed by atoms with van der Waals surface area (Å²) in [6, 6.07) is 10.6. The molecule has 2 aliphatic heterocycles. The number of nitrogens with one attached hydrogen (secondary N) is 1. The molecule has 5 amide bonds. The number of piperidine rings is 1. The van der Waals surface area contributed by atoms with Crippen LogP contribution >= 0.6 is 31.9 Å². The summed E-state index contributed by atoms with van der Waals surface area (Å²) in [6.45, 7) is 0.868. The zero-order valence-corrected chi connectivity index (χ0v) is 28.9. The van der Waals surface area contributed by atoms with Gasteiger partial charge in [0.05, 0.1) is 26.9 Å². The van der Waals surface area contributed by atoms with Gasteiger partial charge in [0.15, 0.2) is 6.10 Å². The van der Waals surface area contributed by atoms with Crippen LogP contribution in [0.2, 0.25) is 0 Å². The Morgan fingerprint density at radius 2 is 1.83 bits per heavy atom. The first-order valence-electron chi connectivity index (χ1n) is 14.7. The van der Waals surface area contributed by atoms with Crippen molar-refractivity contribution in [3.8, 4) is 5.75 Å². The van der Waals surface area contributed by atoms with Crippen LogP contribution in [0.4, 0.5) is 15.3 Å². The van der Waals surface area contributed by atoms with E-state index in [0.29, 0.717) is 52.0 Å². The van der Waals surface area contributed by atoms with Crippen molar-refractivity contribution in [1.82, 2.24) is 14.9 Å². The fourth-order valence-corrected chi connectivity index (χ4v) is 6.23. The van der Waals surface area contributed by atoms with Crippen molar-refractivity contribution in [1.29, 1.82) is 0 Å². The molecule has 2 aliphatic rings. The minimum absolute atomic E-state index is 0.0277. The van der Waals surface area contributed by atoms with E-state index in [4.69, 9.17) is 9.94 Å². The molecule has 1 atom stereocenters. The van der Waals surface area contributed by atoms with Gasteiger partial charge in [0.25, 0.3) is 11.8 Å². The first-order chi connectivity index (χ1) is 23.0. The van der Waals surface area contributed by atoms with E-state index < -0.39 is 24.0 Å². The second-order valence-corrected chi connectivity index (χ2v) is 12.4. The summed E-state index contributed by atoms with van der Waals surface area (Å²) in [5, 5.41) is 22.4. The molecule has 1 saturated heterocycles. The fourth-order valence-electron chi connectivity index (χ4n) is 4.95. The van der Waals surface area contributed by atoms with Gasteiger partial charge < -0.3 is 25.0 Å². The number of urea groups is 1. The molecule has 1 fully saturated rings. The Morgan fingerprint density at radius 1 is 1.12 bits per heavy atom. The number of likely N-dealkylation sites (tertiary alicyclic amines) is 1. The van der Waals surface area contributed by atoms with Gasteiger partial charge in [-0.05, 0) is 86.2 Å². The van der Waals surface area contributed by atoms with Crippen molar-refractivity contribution >= 4 is 79.1 Å². The summed E-state index contributed by atoms with van der Waals surface area (Å²) in [4.78, 5) is 64.8. The average molecular weight is 785 g/mol. The zero-order chi connectivity index (χ0) is 34.6. The number of hydrogen-bond donors (Lipinski definition) is 3. The van der Waals surface area contributed by atoms with Gasteiger partial charge in [-0.1, -0.05) is 18.2 Å². The molecule has 0 saturated carbocycles. The summed E-state index contributed by atoms with van der Waals surface area (Å²) in [5.41, 5.74) is 4.86. The normalized spacial score (nSPS) is 14.7. The number of anilines is 1. The zero-order valence-electron chi connectivity index (χ0n) is 25.7. The Bertz CT molecular complexity index is 1740. The monoisotopic (exact) mass is 783 g/mol. The molecule has 0 aromatic heterocycles. The Hall–Kier alpha value is -4.77. The molecule has 4 rings (SSSR count). The van der Waals surface area contributed by atoms with Crippen LogP contribution in [0.15, 0.2) is 72.3 Å². The number of phenolic OH excluding ortho intramolecular Hbond substituents is 1. The summed E-state index contributed by atoms with van der Waals surface area (Å²) < 4.78 is 6.40. The van der Waals surface area contributed by atoms with Crippen molar-refractivity contribution in [2.75, 3.05) is 38.5 Å². The van der Waals surface area contributed by atoms with E-state index in [0.717, 1.165) is 23.9 Å². The summed E-state index contributed by atoms with van der Waals surface area (Å²) in [7, 11) is 1.17. The number of aliphatic imine (C=N–C) groups is 3. The van der Waals surface area contributed by atoms with Gasteiger partial charge >= 0.3 is 12.1 Å². The highest BCUT2D eigenvalue weighted by Gasteiger charge is 2.33. The maximum absolute atomic E-state index is 13.3. The predicted molar refractivity (Wildman–Crippen MR) is 183 cm³/mol. The molecule has 16 heteroatoms. The molecule has 0 spiro atoms. The molecular formula is C32H31Br2N7O7. The number of para-hydroxylation sites is 1. The fraction of sp³-hybridized carbons (Fsp3) is 0.344. The van der Waals surface area contributed by atoms with Crippen LogP contribution < -0.4 is 5.32 Å². The molecule has 0 unspecified atom stereocenters. The summed E-state index contributed by atoms with van der Waals surface area (Å²) in [6.07, 6.45) is 0.773. The highest BCUT2D eigenvalue weighted by Crippen LogP contribution is 2.34. The molecule has 2 aromatic carbocycles. The lowest BCUT2D eigenvalue weighted by molar-refractivity contribution is -0.157. The molecule has 3 N–H and O–H groups in total. The first kappa shape index (κ1) is 36.1. The van der Waals surface area contributed by atoms with E-state index in [1.54, 1.807) is 12.1 Å². The molecule has 0 aliphatic carbocycles. The lowest BCUT2D eigenvalue weighted by Crippen LogP contribution is -2.50. The topological polar surface area (TPSA) is 177 Å². The lowest BCUT2D eigenvalue weighted by atomic mass is 10.0. The molecule has 250 valence electrons. The number of ether oxygens (including phenoxy) is 1. The van der Waals surface area contributed by atoms with Crippen LogP contribution in [0, 0.1) is 0 Å². The molecule has 14 nitrogen and oxygen atoms in total. The third-order valence-electron chi connectivity index (χ3n) is 7.45. The number of carbonyl (C=O) groups is 4. The van der Waals surface area contributed by atoms with Crippen LogP contribution in [0.3, 0.4) is 0 Å². The Labute approximate surface area is 292 Å². The maximum Gasteiger partial charge on any atom is 0.410 e. The number of likely N-dealkylation sites (N-methyl/N-ethyl adjacent to an activating group) is 1. The highest BCUT2D eigenvalue weighted by atomic mass is 79.9. The van der Waals surface area contributed by atoms with Gasteiger partial charge in [-0.3, -0.25) is 14.8 Å². The number of amides is 5. The Balaban J connectivity index is 1.41. The smallest absolute Gasteiger partial charge is 0.410 e. The van der Waals surface area contributed by atoms with Crippen molar-refractivity contribution in [2.45, 2.75) is 37.8 Å². The van der Waals surface area contributed by atoms with E-state index in [1.807, 2.05) is 29.2 Å². The van der Waals surface area contributed by atoms with Crippen LogP contribution in [-0.4, -0.2) is 112 Å². The van der Waals surface area contributed by atoms with Gasteiger partial charge in [0.1, 0.15) is 12.3 Å². The van der Waals surface area contributed by atoms with Gasteiger partial charge in [-0.25, -0.2) is 19.6 Å². The Morgan fingerprint density at radius 3 is 2.54 bits per heavy atom. The number of rotatable bonds is 8. The van der Waals surface area contributed by atoms with E-state index in [1.165, 1.54) is 11.9 Å². The van der Waals surface area contributed by atoms with E-state index in [9.17, 15) is 24.3 Å². The number of aromatic hydroxyl groups is 1. The van der Waals surface area contributed by atoms with Crippen LogP contribution in [0.25, 0.3) is 0 Å². The number of benzene rings is 2. The van der Waals surface area contributed by atoms with Crippen molar-refractivity contribution in [3.05, 3.63) is 68.4 Å². The number of nitrogens with zero attached hydrogens (tertiary/aromatic N) is 6. The van der Waals surface area contributed by atoms with Crippen LogP contribution in [0.5, 0.6) is 5.75 Å². The van der Waals surface area contributed by atoms with E-state index >= 15 is 0 Å². The second kappa shape index (κ2) is 17.4. The minimum atomic E-state index is -1.34. The number of phenols is 1. The van der Waals surface area contributed by atoms with Gasteiger partial charge in [-0.15, -0.1) is 0 Å². The van der Waals surface area contributed by atoms with Crippen molar-refractivity contribution in [3.63, 3.8) is 0 Å². The largest absolute Gasteiger partial charge is 0.506 e. The molecular weight excluding hydrogens is 754 g/mol. The summed E-state index contributed by atoms with van der Waals surface area (Å²) >= 11 is 6.53. The molecule has 2 heterocycles. The van der Waals surface area contributed by atoms with E-state index in [2.05, 4.69) is 75.5 Å². The molecule has 0 radical (unpaired) electrons. The third-order valence-corrected chi connectivity index (χ3v) is 8.66. The standard InChI is InChI=1S/C32H31Br2N7O7/c1-39(47)28(42)20-36-11-4-10-35-12-13-37-30(44)27(19-21-17-24(33)29(43)25(34)18-21)48-32(46)40-14-8-23(9-15-40)41-16-7-22-5-2-3-6-26(22)38-31(41)45/h2-3,5-6,10,17-18,23,27,43,47H,7-9,14-16,19-20H2,1H3,(H,38,45)/t27-/m1/s1. The molecule has 2 aromatic rings. The third kappa shape index (κ3) is 10.1. The van der Waals surface area contributed by atoms with Crippen LogP contribution in [-0.2, 0) is 27.2 Å². The quantitative estimate of drug-likeness (QED) is 0.156.